The molecule has 20 heavy (non-hydrogen) atoms. The summed E-state index contributed by atoms with van der Waals surface area (Å²) in [5, 5.41) is 5.25. The first-order valence-corrected chi connectivity index (χ1v) is 8.77. The first kappa shape index (κ1) is 13.9. The quantitative estimate of drug-likeness (QED) is 0.716. The third-order valence-corrected chi connectivity index (χ3v) is 5.67. The van der Waals surface area contributed by atoms with Crippen molar-refractivity contribution in [1.82, 2.24) is 4.98 Å². The predicted molar refractivity (Wildman–Crippen MR) is 90.2 cm³/mol. The summed E-state index contributed by atoms with van der Waals surface area (Å²) in [7, 11) is 0. The lowest BCUT2D eigenvalue weighted by molar-refractivity contribution is 0.732. The van der Waals surface area contributed by atoms with Crippen LogP contribution in [0.3, 0.4) is 0 Å². The molecule has 0 aliphatic heterocycles. The van der Waals surface area contributed by atoms with Gasteiger partial charge in [0.2, 0.25) is 0 Å². The minimum absolute atomic E-state index is 0.0149. The Morgan fingerprint density at radius 1 is 1.15 bits per heavy atom. The van der Waals surface area contributed by atoms with E-state index in [1.165, 1.54) is 4.88 Å². The lowest BCUT2D eigenvalue weighted by Gasteiger charge is -2.06. The van der Waals surface area contributed by atoms with Crippen molar-refractivity contribution in [2.24, 2.45) is 5.73 Å². The number of halogens is 1. The molecule has 2 aromatic heterocycles. The Bertz CT molecular complexity index is 691. The van der Waals surface area contributed by atoms with Gasteiger partial charge in [0.15, 0.2) is 0 Å². The maximum absolute atomic E-state index is 6.24. The summed E-state index contributed by atoms with van der Waals surface area (Å²) in [6, 6.07) is 12.3. The van der Waals surface area contributed by atoms with Gasteiger partial charge in [0.1, 0.15) is 0 Å². The number of thiophene rings is 1. The van der Waals surface area contributed by atoms with Crippen LogP contribution in [-0.2, 0) is 6.42 Å². The molecule has 5 heteroatoms. The molecule has 1 unspecified atom stereocenters. The molecular formula is C15H13BrN2S2. The lowest BCUT2D eigenvalue weighted by Crippen LogP contribution is -2.11. The highest BCUT2D eigenvalue weighted by Crippen LogP contribution is 2.28. The number of benzene rings is 1. The van der Waals surface area contributed by atoms with Crippen molar-refractivity contribution in [2.45, 2.75) is 12.5 Å². The van der Waals surface area contributed by atoms with Crippen LogP contribution in [0.25, 0.3) is 11.3 Å². The van der Waals surface area contributed by atoms with Crippen LogP contribution in [0.5, 0.6) is 0 Å². The van der Waals surface area contributed by atoms with E-state index >= 15 is 0 Å². The summed E-state index contributed by atoms with van der Waals surface area (Å²) in [4.78, 5) is 5.87. The van der Waals surface area contributed by atoms with E-state index in [2.05, 4.69) is 49.9 Å². The van der Waals surface area contributed by atoms with Gasteiger partial charge >= 0.3 is 0 Å². The smallest absolute Gasteiger partial charge is 0.0951 e. The molecule has 0 aliphatic carbocycles. The van der Waals surface area contributed by atoms with Crippen LogP contribution >= 0.6 is 38.6 Å². The molecule has 0 saturated carbocycles. The van der Waals surface area contributed by atoms with Gasteiger partial charge in [0.05, 0.1) is 10.7 Å². The van der Waals surface area contributed by atoms with Gasteiger partial charge in [-0.3, -0.25) is 0 Å². The van der Waals surface area contributed by atoms with E-state index in [1.54, 1.807) is 22.7 Å². The van der Waals surface area contributed by atoms with Crippen LogP contribution in [0.2, 0.25) is 0 Å². The Labute approximate surface area is 134 Å². The Morgan fingerprint density at radius 2 is 1.95 bits per heavy atom. The Balaban J connectivity index is 1.74. The van der Waals surface area contributed by atoms with Crippen molar-refractivity contribution in [3.63, 3.8) is 0 Å². The highest BCUT2D eigenvalue weighted by Gasteiger charge is 2.12. The number of hydrogen-bond donors (Lipinski definition) is 1. The van der Waals surface area contributed by atoms with Crippen LogP contribution in [0.1, 0.15) is 15.9 Å². The number of hydrogen-bond acceptors (Lipinski definition) is 4. The van der Waals surface area contributed by atoms with Crippen molar-refractivity contribution >= 4 is 38.6 Å². The Morgan fingerprint density at radius 3 is 2.65 bits per heavy atom. The lowest BCUT2D eigenvalue weighted by atomic mass is 10.2. The molecule has 1 atom stereocenters. The van der Waals surface area contributed by atoms with E-state index in [0.717, 1.165) is 27.2 Å². The van der Waals surface area contributed by atoms with Crippen LogP contribution in [0.15, 0.2) is 51.6 Å². The molecule has 3 aromatic rings. The third-order valence-electron chi connectivity index (χ3n) is 2.97. The highest BCUT2D eigenvalue weighted by molar-refractivity contribution is 9.10. The van der Waals surface area contributed by atoms with Gasteiger partial charge in [-0.25, -0.2) is 4.98 Å². The topological polar surface area (TPSA) is 38.9 Å². The van der Waals surface area contributed by atoms with E-state index in [0.29, 0.717) is 0 Å². The largest absolute Gasteiger partial charge is 0.323 e. The molecule has 0 spiro atoms. The molecule has 0 saturated heterocycles. The zero-order valence-corrected chi connectivity index (χ0v) is 13.8. The first-order valence-electron chi connectivity index (χ1n) is 6.22. The molecule has 0 amide bonds. The average molecular weight is 365 g/mol. The van der Waals surface area contributed by atoms with Gasteiger partial charge < -0.3 is 5.73 Å². The molecular weight excluding hydrogens is 352 g/mol. The van der Waals surface area contributed by atoms with Gasteiger partial charge in [0, 0.05) is 38.1 Å². The maximum Gasteiger partial charge on any atom is 0.0951 e. The highest BCUT2D eigenvalue weighted by atomic mass is 79.9. The fourth-order valence-corrected chi connectivity index (χ4v) is 4.27. The van der Waals surface area contributed by atoms with Crippen molar-refractivity contribution in [3.05, 3.63) is 61.5 Å². The van der Waals surface area contributed by atoms with Crippen LogP contribution < -0.4 is 5.73 Å². The van der Waals surface area contributed by atoms with E-state index in [1.807, 2.05) is 18.2 Å². The molecule has 0 bridgehead atoms. The van der Waals surface area contributed by atoms with Crippen LogP contribution in [-0.4, -0.2) is 4.98 Å². The van der Waals surface area contributed by atoms with E-state index in [9.17, 15) is 0 Å². The molecule has 2 heterocycles. The minimum Gasteiger partial charge on any atom is -0.323 e. The molecule has 2 N–H and O–H groups in total. The summed E-state index contributed by atoms with van der Waals surface area (Å²) in [6.45, 7) is 0. The molecule has 0 aliphatic rings. The maximum atomic E-state index is 6.24. The summed E-state index contributed by atoms with van der Waals surface area (Å²) >= 11 is 6.82. The standard InChI is InChI=1S/C15H13BrN2S2/c16-11-6-14(19-8-11)12(17)7-15-18-13(9-20-15)10-4-2-1-3-5-10/h1-6,8-9,12H,7,17H2. The zero-order chi connectivity index (χ0) is 13.9. The number of nitrogens with two attached hydrogens (primary N) is 1. The Kier molecular flexibility index (Phi) is 4.31. The van der Waals surface area contributed by atoms with Gasteiger partial charge in [-0.05, 0) is 22.0 Å². The van der Waals surface area contributed by atoms with Crippen molar-refractivity contribution in [2.75, 3.05) is 0 Å². The molecule has 0 fully saturated rings. The number of thiazole rings is 1. The summed E-state index contributed by atoms with van der Waals surface area (Å²) < 4.78 is 1.09. The zero-order valence-electron chi connectivity index (χ0n) is 10.6. The van der Waals surface area contributed by atoms with Crippen LogP contribution in [0.4, 0.5) is 0 Å². The second-order valence-corrected chi connectivity index (χ2v) is 7.27. The van der Waals surface area contributed by atoms with E-state index < -0.39 is 0 Å². The molecule has 2 nitrogen and oxygen atoms in total. The molecule has 102 valence electrons. The molecule has 3 rings (SSSR count). The predicted octanol–water partition coefficient (Wildman–Crippen LogP) is 4.88. The Hall–Kier alpha value is -1.01. The van der Waals surface area contributed by atoms with Crippen molar-refractivity contribution < 1.29 is 0 Å². The molecule has 0 radical (unpaired) electrons. The summed E-state index contributed by atoms with van der Waals surface area (Å²) in [6.07, 6.45) is 0.782. The van der Waals surface area contributed by atoms with Crippen molar-refractivity contribution in [3.8, 4) is 11.3 Å². The van der Waals surface area contributed by atoms with Gasteiger partial charge in [-0.2, -0.15) is 0 Å². The third kappa shape index (κ3) is 3.17. The minimum atomic E-state index is 0.0149. The second-order valence-electron chi connectivity index (χ2n) is 4.47. The van der Waals surface area contributed by atoms with Gasteiger partial charge in [0.25, 0.3) is 0 Å². The number of aromatic nitrogens is 1. The van der Waals surface area contributed by atoms with Gasteiger partial charge in [-0.15, -0.1) is 22.7 Å². The summed E-state index contributed by atoms with van der Waals surface area (Å²) in [5.74, 6) is 0. The SMILES string of the molecule is NC(Cc1nc(-c2ccccc2)cs1)c1cc(Br)cs1. The van der Waals surface area contributed by atoms with Crippen LogP contribution in [0, 0.1) is 0 Å². The average Bonchev–Trinajstić information content (AvgIpc) is 3.09. The van der Waals surface area contributed by atoms with E-state index in [-0.39, 0.29) is 6.04 Å². The fraction of sp³-hybridized carbons (Fsp3) is 0.133. The number of rotatable bonds is 4. The monoisotopic (exact) mass is 364 g/mol. The molecule has 1 aromatic carbocycles. The fourth-order valence-electron chi connectivity index (χ4n) is 1.96. The van der Waals surface area contributed by atoms with E-state index in [4.69, 9.17) is 5.73 Å². The second kappa shape index (κ2) is 6.18. The normalized spacial score (nSPS) is 12.5. The number of nitrogens with zero attached hydrogens (tertiary/aromatic N) is 1. The van der Waals surface area contributed by atoms with Crippen molar-refractivity contribution in [1.29, 1.82) is 0 Å². The van der Waals surface area contributed by atoms with Gasteiger partial charge in [-0.1, -0.05) is 30.3 Å². The summed E-state index contributed by atoms with van der Waals surface area (Å²) in [5.41, 5.74) is 8.43. The first-order chi connectivity index (χ1) is 9.72.